The molecule has 1 aromatic rings. The lowest BCUT2D eigenvalue weighted by Gasteiger charge is -2.19. The number of amides is 1. The molecular formula is C14H21BrN2O3S. The topological polar surface area (TPSA) is 80.5 Å². The molecule has 0 aliphatic carbocycles. The zero-order valence-corrected chi connectivity index (χ0v) is 14.9. The van der Waals surface area contributed by atoms with Crippen molar-refractivity contribution in [1.29, 1.82) is 0 Å². The van der Waals surface area contributed by atoms with Gasteiger partial charge in [0, 0.05) is 23.6 Å². The molecule has 0 radical (unpaired) electrons. The average Bonchev–Trinajstić information content (AvgIpc) is 2.39. The maximum absolute atomic E-state index is 12.5. The first kappa shape index (κ1) is 18.1. The number of hydrogen-bond acceptors (Lipinski definition) is 3. The molecule has 0 bridgehead atoms. The highest BCUT2D eigenvalue weighted by molar-refractivity contribution is 9.10. The number of hydrogen-bond donors (Lipinski definition) is 1. The third-order valence-corrected chi connectivity index (χ3v) is 4.80. The van der Waals surface area contributed by atoms with Gasteiger partial charge in [-0.15, -0.1) is 0 Å². The second-order valence-electron chi connectivity index (χ2n) is 5.06. The standard InChI is InChI=1S/C14H21BrN2O3S/c1-4-5-6-7-17(3)14(18)12-8-11(15)9-13(10(12)2)21(16,19)20/h8-9H,4-7H2,1-3H3,(H2,16,19,20). The fraction of sp³-hybridized carbons (Fsp3) is 0.500. The summed E-state index contributed by atoms with van der Waals surface area (Å²) in [5.74, 6) is -0.199. The van der Waals surface area contributed by atoms with Crippen molar-refractivity contribution >= 4 is 31.9 Å². The van der Waals surface area contributed by atoms with Gasteiger partial charge in [0.1, 0.15) is 0 Å². The van der Waals surface area contributed by atoms with Crippen LogP contribution in [0.4, 0.5) is 0 Å². The van der Waals surface area contributed by atoms with E-state index in [1.807, 2.05) is 0 Å². The third-order valence-electron chi connectivity index (χ3n) is 3.31. The Morgan fingerprint density at radius 3 is 2.48 bits per heavy atom. The summed E-state index contributed by atoms with van der Waals surface area (Å²) in [6, 6.07) is 3.04. The maximum Gasteiger partial charge on any atom is 0.253 e. The van der Waals surface area contributed by atoms with Gasteiger partial charge in [0.05, 0.1) is 4.90 Å². The Bertz CT molecular complexity index is 629. The van der Waals surface area contributed by atoms with Crippen molar-refractivity contribution in [3.63, 3.8) is 0 Å². The molecule has 0 spiro atoms. The number of rotatable bonds is 6. The van der Waals surface area contributed by atoms with Crippen LogP contribution in [0.3, 0.4) is 0 Å². The third kappa shape index (κ3) is 4.79. The van der Waals surface area contributed by atoms with Crippen LogP contribution in [0.15, 0.2) is 21.5 Å². The first-order valence-corrected chi connectivity index (χ1v) is 9.10. The van der Waals surface area contributed by atoms with Gasteiger partial charge >= 0.3 is 0 Å². The van der Waals surface area contributed by atoms with Crippen LogP contribution >= 0.6 is 15.9 Å². The first-order chi connectivity index (χ1) is 9.68. The van der Waals surface area contributed by atoms with Crippen molar-refractivity contribution < 1.29 is 13.2 Å². The van der Waals surface area contributed by atoms with E-state index in [1.165, 1.54) is 6.07 Å². The number of primary sulfonamides is 1. The lowest BCUT2D eigenvalue weighted by atomic mass is 10.1. The van der Waals surface area contributed by atoms with Gasteiger partial charge in [-0.2, -0.15) is 0 Å². The number of carbonyl (C=O) groups is 1. The van der Waals surface area contributed by atoms with Crippen molar-refractivity contribution in [3.05, 3.63) is 27.7 Å². The van der Waals surface area contributed by atoms with Crippen molar-refractivity contribution in [3.8, 4) is 0 Å². The van der Waals surface area contributed by atoms with E-state index in [0.717, 1.165) is 19.3 Å². The Hall–Kier alpha value is -0.920. The van der Waals surface area contributed by atoms with Gasteiger partial charge in [-0.1, -0.05) is 35.7 Å². The van der Waals surface area contributed by atoms with Crippen LogP contribution in [0.2, 0.25) is 0 Å². The molecule has 21 heavy (non-hydrogen) atoms. The number of carbonyl (C=O) groups excluding carboxylic acids is 1. The lowest BCUT2D eigenvalue weighted by Crippen LogP contribution is -2.29. The van der Waals surface area contributed by atoms with Crippen molar-refractivity contribution in [2.24, 2.45) is 5.14 Å². The Morgan fingerprint density at radius 2 is 1.95 bits per heavy atom. The van der Waals surface area contributed by atoms with E-state index in [1.54, 1.807) is 24.9 Å². The highest BCUT2D eigenvalue weighted by atomic mass is 79.9. The lowest BCUT2D eigenvalue weighted by molar-refractivity contribution is 0.0791. The van der Waals surface area contributed by atoms with Crippen molar-refractivity contribution in [1.82, 2.24) is 4.90 Å². The molecule has 0 aliphatic rings. The molecule has 0 unspecified atom stereocenters. The number of benzene rings is 1. The molecule has 1 amide bonds. The van der Waals surface area contributed by atoms with Crippen LogP contribution in [-0.4, -0.2) is 32.8 Å². The van der Waals surface area contributed by atoms with Gasteiger partial charge in [-0.25, -0.2) is 13.6 Å². The largest absolute Gasteiger partial charge is 0.342 e. The summed E-state index contributed by atoms with van der Waals surface area (Å²) in [6.45, 7) is 4.33. The van der Waals surface area contributed by atoms with E-state index in [4.69, 9.17) is 5.14 Å². The van der Waals surface area contributed by atoms with Gasteiger partial charge in [-0.05, 0) is 31.0 Å². The molecule has 118 valence electrons. The SMILES string of the molecule is CCCCCN(C)C(=O)c1cc(Br)cc(S(N)(=O)=O)c1C. The molecular weight excluding hydrogens is 356 g/mol. The van der Waals surface area contributed by atoms with Crippen LogP contribution in [0.25, 0.3) is 0 Å². The Morgan fingerprint density at radius 1 is 1.33 bits per heavy atom. The van der Waals surface area contributed by atoms with E-state index in [0.29, 0.717) is 22.1 Å². The normalized spacial score (nSPS) is 11.5. The smallest absolute Gasteiger partial charge is 0.253 e. The van der Waals surface area contributed by atoms with E-state index in [-0.39, 0.29) is 10.8 Å². The molecule has 0 saturated carbocycles. The molecule has 0 fully saturated rings. The fourth-order valence-electron chi connectivity index (χ4n) is 2.08. The number of nitrogens with zero attached hydrogens (tertiary/aromatic N) is 1. The molecule has 0 saturated heterocycles. The minimum Gasteiger partial charge on any atom is -0.342 e. The second-order valence-corrected chi connectivity index (χ2v) is 7.50. The van der Waals surface area contributed by atoms with E-state index in [9.17, 15) is 13.2 Å². The minimum absolute atomic E-state index is 0.0258. The van der Waals surface area contributed by atoms with Gasteiger partial charge < -0.3 is 4.90 Å². The van der Waals surface area contributed by atoms with Crippen LogP contribution < -0.4 is 5.14 Å². The number of sulfonamides is 1. The molecule has 1 aromatic carbocycles. The molecule has 2 N–H and O–H groups in total. The Balaban J connectivity index is 3.13. The van der Waals surface area contributed by atoms with Crippen LogP contribution in [-0.2, 0) is 10.0 Å². The second kappa shape index (κ2) is 7.38. The molecule has 7 heteroatoms. The summed E-state index contributed by atoms with van der Waals surface area (Å²) in [5, 5.41) is 5.20. The van der Waals surface area contributed by atoms with E-state index < -0.39 is 10.0 Å². The van der Waals surface area contributed by atoms with E-state index in [2.05, 4.69) is 22.9 Å². The van der Waals surface area contributed by atoms with Crippen LogP contribution in [0.5, 0.6) is 0 Å². The maximum atomic E-state index is 12.5. The quantitative estimate of drug-likeness (QED) is 0.774. The van der Waals surface area contributed by atoms with Crippen molar-refractivity contribution in [2.75, 3.05) is 13.6 Å². The Labute approximate surface area is 134 Å². The molecule has 1 rings (SSSR count). The molecule has 0 atom stereocenters. The molecule has 0 aliphatic heterocycles. The van der Waals surface area contributed by atoms with Gasteiger partial charge in [-0.3, -0.25) is 4.79 Å². The summed E-state index contributed by atoms with van der Waals surface area (Å²) in [6.07, 6.45) is 3.05. The van der Waals surface area contributed by atoms with Gasteiger partial charge in [0.25, 0.3) is 5.91 Å². The molecule has 0 aromatic heterocycles. The summed E-state index contributed by atoms with van der Waals surface area (Å²) in [5.41, 5.74) is 0.737. The summed E-state index contributed by atoms with van der Waals surface area (Å²) in [4.78, 5) is 14.0. The predicted octanol–water partition coefficient (Wildman–Crippen LogP) is 2.67. The van der Waals surface area contributed by atoms with Gasteiger partial charge in [0.15, 0.2) is 0 Å². The number of nitrogens with two attached hydrogens (primary N) is 1. The van der Waals surface area contributed by atoms with Crippen molar-refractivity contribution in [2.45, 2.75) is 38.0 Å². The van der Waals surface area contributed by atoms with E-state index >= 15 is 0 Å². The zero-order chi connectivity index (χ0) is 16.2. The van der Waals surface area contributed by atoms with Gasteiger partial charge in [0.2, 0.25) is 10.0 Å². The fourth-order valence-corrected chi connectivity index (χ4v) is 3.52. The summed E-state index contributed by atoms with van der Waals surface area (Å²) >= 11 is 3.23. The Kier molecular flexibility index (Phi) is 6.37. The zero-order valence-electron chi connectivity index (χ0n) is 12.5. The molecule has 5 nitrogen and oxygen atoms in total. The average molecular weight is 377 g/mol. The summed E-state index contributed by atoms with van der Waals surface area (Å²) < 4.78 is 23.7. The monoisotopic (exact) mass is 376 g/mol. The highest BCUT2D eigenvalue weighted by Crippen LogP contribution is 2.25. The first-order valence-electron chi connectivity index (χ1n) is 6.77. The summed E-state index contributed by atoms with van der Waals surface area (Å²) in [7, 11) is -2.14. The minimum atomic E-state index is -3.86. The van der Waals surface area contributed by atoms with Crippen LogP contribution in [0, 0.1) is 6.92 Å². The highest BCUT2D eigenvalue weighted by Gasteiger charge is 2.21. The number of unbranched alkanes of at least 4 members (excludes halogenated alkanes) is 2. The molecule has 0 heterocycles. The number of halogens is 1. The van der Waals surface area contributed by atoms with Crippen LogP contribution in [0.1, 0.15) is 42.1 Å². The predicted molar refractivity (Wildman–Crippen MR) is 86.7 cm³/mol.